The van der Waals surface area contributed by atoms with Crippen LogP contribution in [-0.2, 0) is 5.67 Å². The van der Waals surface area contributed by atoms with Crippen LogP contribution in [0.4, 0.5) is 4.39 Å². The van der Waals surface area contributed by atoms with Gasteiger partial charge in [0, 0.05) is 0 Å². The fraction of sp³-hybridized carbons (Fsp3) is 0.500. The second-order valence-corrected chi connectivity index (χ2v) is 4.38. The molecule has 1 unspecified atom stereocenters. The van der Waals surface area contributed by atoms with Crippen molar-refractivity contribution >= 4 is 0 Å². The van der Waals surface area contributed by atoms with Crippen LogP contribution in [0.2, 0.25) is 0 Å². The molecule has 0 aliphatic rings. The van der Waals surface area contributed by atoms with Crippen molar-refractivity contribution in [2.24, 2.45) is 5.73 Å². The molecule has 84 valence electrons. The van der Waals surface area contributed by atoms with Crippen LogP contribution in [0.5, 0.6) is 5.75 Å². The van der Waals surface area contributed by atoms with Crippen molar-refractivity contribution in [3.63, 3.8) is 0 Å². The number of benzene rings is 1. The third kappa shape index (κ3) is 2.69. The van der Waals surface area contributed by atoms with E-state index in [1.807, 2.05) is 6.92 Å². The van der Waals surface area contributed by atoms with Crippen molar-refractivity contribution < 1.29 is 9.50 Å². The fourth-order valence-electron chi connectivity index (χ4n) is 1.45. The smallest absolute Gasteiger partial charge is 0.130 e. The molecule has 0 spiro atoms. The van der Waals surface area contributed by atoms with E-state index in [2.05, 4.69) is 0 Å². The number of rotatable bonds is 3. The molecule has 3 heteroatoms. The standard InChI is InChI=1S/C12H18FNO/c1-8(7-14)10-6-9(12(2,3)13)4-5-11(10)15/h4-6,8,15H,7,14H2,1-3H3. The molecule has 0 saturated carbocycles. The maximum absolute atomic E-state index is 13.7. The van der Waals surface area contributed by atoms with Gasteiger partial charge in [0.25, 0.3) is 0 Å². The molecule has 0 bridgehead atoms. The summed E-state index contributed by atoms with van der Waals surface area (Å²) in [5, 5.41) is 9.62. The molecule has 1 aromatic rings. The highest BCUT2D eigenvalue weighted by atomic mass is 19.1. The molecule has 15 heavy (non-hydrogen) atoms. The summed E-state index contributed by atoms with van der Waals surface area (Å²) in [5.41, 5.74) is 5.41. The number of phenolic OH excluding ortho intramolecular Hbond substituents is 1. The Morgan fingerprint density at radius 2 is 2.07 bits per heavy atom. The molecule has 0 saturated heterocycles. The number of alkyl halides is 1. The van der Waals surface area contributed by atoms with E-state index in [1.54, 1.807) is 12.1 Å². The molecule has 0 radical (unpaired) electrons. The van der Waals surface area contributed by atoms with Gasteiger partial charge in [-0.2, -0.15) is 0 Å². The van der Waals surface area contributed by atoms with Gasteiger partial charge in [-0.25, -0.2) is 4.39 Å². The summed E-state index contributed by atoms with van der Waals surface area (Å²) in [4.78, 5) is 0. The van der Waals surface area contributed by atoms with E-state index < -0.39 is 5.67 Å². The molecule has 0 aliphatic heterocycles. The van der Waals surface area contributed by atoms with Crippen molar-refractivity contribution in [2.45, 2.75) is 32.4 Å². The van der Waals surface area contributed by atoms with Gasteiger partial charge in [0.05, 0.1) is 0 Å². The van der Waals surface area contributed by atoms with Crippen LogP contribution in [0, 0.1) is 0 Å². The summed E-state index contributed by atoms with van der Waals surface area (Å²) >= 11 is 0. The second kappa shape index (κ2) is 4.19. The van der Waals surface area contributed by atoms with Crippen molar-refractivity contribution in [1.29, 1.82) is 0 Å². The fourth-order valence-corrected chi connectivity index (χ4v) is 1.45. The zero-order chi connectivity index (χ0) is 11.6. The van der Waals surface area contributed by atoms with Crippen molar-refractivity contribution in [3.8, 4) is 5.75 Å². The highest BCUT2D eigenvalue weighted by Gasteiger charge is 2.21. The molecule has 0 aliphatic carbocycles. The number of hydrogen-bond acceptors (Lipinski definition) is 2. The predicted octanol–water partition coefficient (Wildman–Crippen LogP) is 2.66. The van der Waals surface area contributed by atoms with Gasteiger partial charge in [-0.05, 0) is 49.6 Å². The van der Waals surface area contributed by atoms with Crippen LogP contribution in [-0.4, -0.2) is 11.7 Å². The van der Waals surface area contributed by atoms with Crippen molar-refractivity contribution in [1.82, 2.24) is 0 Å². The minimum atomic E-state index is -1.39. The van der Waals surface area contributed by atoms with Crippen LogP contribution in [0.1, 0.15) is 37.8 Å². The lowest BCUT2D eigenvalue weighted by Crippen LogP contribution is -2.13. The summed E-state index contributed by atoms with van der Waals surface area (Å²) in [6, 6.07) is 4.81. The van der Waals surface area contributed by atoms with Gasteiger partial charge in [-0.3, -0.25) is 0 Å². The minimum absolute atomic E-state index is 0.0345. The highest BCUT2D eigenvalue weighted by Crippen LogP contribution is 2.32. The van der Waals surface area contributed by atoms with Gasteiger partial charge < -0.3 is 10.8 Å². The first-order valence-electron chi connectivity index (χ1n) is 5.08. The number of nitrogens with two attached hydrogens (primary N) is 1. The predicted molar refractivity (Wildman–Crippen MR) is 59.7 cm³/mol. The summed E-state index contributed by atoms with van der Waals surface area (Å²) in [6.07, 6.45) is 0. The Hall–Kier alpha value is -1.09. The molecular formula is C12H18FNO. The van der Waals surface area contributed by atoms with Gasteiger partial charge in [0.15, 0.2) is 0 Å². The van der Waals surface area contributed by atoms with Crippen molar-refractivity contribution in [3.05, 3.63) is 29.3 Å². The van der Waals surface area contributed by atoms with E-state index in [1.165, 1.54) is 19.9 Å². The van der Waals surface area contributed by atoms with Gasteiger partial charge >= 0.3 is 0 Å². The zero-order valence-corrected chi connectivity index (χ0v) is 9.42. The average Bonchev–Trinajstić information content (AvgIpc) is 2.15. The normalized spacial score (nSPS) is 13.9. The molecule has 0 amide bonds. The van der Waals surface area contributed by atoms with E-state index in [4.69, 9.17) is 5.73 Å². The quantitative estimate of drug-likeness (QED) is 0.807. The van der Waals surface area contributed by atoms with E-state index in [0.29, 0.717) is 17.7 Å². The molecule has 1 aromatic carbocycles. The van der Waals surface area contributed by atoms with Crippen LogP contribution < -0.4 is 5.73 Å². The van der Waals surface area contributed by atoms with Crippen LogP contribution >= 0.6 is 0 Å². The molecule has 2 nitrogen and oxygen atoms in total. The maximum atomic E-state index is 13.7. The Labute approximate surface area is 89.9 Å². The van der Waals surface area contributed by atoms with Crippen LogP contribution in [0.25, 0.3) is 0 Å². The topological polar surface area (TPSA) is 46.2 Å². The largest absolute Gasteiger partial charge is 0.508 e. The number of hydrogen-bond donors (Lipinski definition) is 2. The molecular weight excluding hydrogens is 193 g/mol. The Balaban J connectivity index is 3.17. The number of halogens is 1. The summed E-state index contributed by atoms with van der Waals surface area (Å²) in [5.74, 6) is 0.216. The van der Waals surface area contributed by atoms with E-state index in [9.17, 15) is 9.50 Å². The lowest BCUT2D eigenvalue weighted by molar-refractivity contribution is 0.221. The third-order valence-corrected chi connectivity index (χ3v) is 2.60. The summed E-state index contributed by atoms with van der Waals surface area (Å²) in [7, 11) is 0. The zero-order valence-electron chi connectivity index (χ0n) is 9.42. The molecule has 1 rings (SSSR count). The highest BCUT2D eigenvalue weighted by molar-refractivity contribution is 5.40. The Kier molecular flexibility index (Phi) is 3.35. The van der Waals surface area contributed by atoms with Gasteiger partial charge in [-0.15, -0.1) is 0 Å². The molecule has 0 aromatic heterocycles. The van der Waals surface area contributed by atoms with Crippen LogP contribution in [0.15, 0.2) is 18.2 Å². The lowest BCUT2D eigenvalue weighted by atomic mass is 9.92. The van der Waals surface area contributed by atoms with Gasteiger partial charge in [0.2, 0.25) is 0 Å². The first-order valence-corrected chi connectivity index (χ1v) is 5.08. The molecule has 3 N–H and O–H groups in total. The average molecular weight is 211 g/mol. The first kappa shape index (κ1) is 12.0. The molecule has 0 fully saturated rings. The van der Waals surface area contributed by atoms with Crippen LogP contribution in [0.3, 0.4) is 0 Å². The van der Waals surface area contributed by atoms with Gasteiger partial charge in [-0.1, -0.05) is 13.0 Å². The number of aromatic hydroxyl groups is 1. The minimum Gasteiger partial charge on any atom is -0.508 e. The second-order valence-electron chi connectivity index (χ2n) is 4.38. The SMILES string of the molecule is CC(CN)c1cc(C(C)(C)F)ccc1O. The van der Waals surface area contributed by atoms with E-state index >= 15 is 0 Å². The van der Waals surface area contributed by atoms with E-state index in [-0.39, 0.29) is 11.7 Å². The Bertz CT molecular complexity index is 344. The van der Waals surface area contributed by atoms with Gasteiger partial charge in [0.1, 0.15) is 11.4 Å². The molecule has 1 atom stereocenters. The monoisotopic (exact) mass is 211 g/mol. The lowest BCUT2D eigenvalue weighted by Gasteiger charge is -2.18. The summed E-state index contributed by atoms with van der Waals surface area (Å²) in [6.45, 7) is 5.33. The first-order chi connectivity index (χ1) is 6.86. The molecule has 0 heterocycles. The number of phenols is 1. The Morgan fingerprint density at radius 1 is 1.47 bits per heavy atom. The van der Waals surface area contributed by atoms with E-state index in [0.717, 1.165) is 0 Å². The summed E-state index contributed by atoms with van der Waals surface area (Å²) < 4.78 is 13.7. The maximum Gasteiger partial charge on any atom is 0.130 e. The third-order valence-electron chi connectivity index (χ3n) is 2.60. The van der Waals surface area contributed by atoms with Crippen molar-refractivity contribution in [2.75, 3.05) is 6.54 Å². The Morgan fingerprint density at radius 3 is 2.53 bits per heavy atom.